The Bertz CT molecular complexity index is 926. The predicted octanol–water partition coefficient (Wildman–Crippen LogP) is 7.25. The van der Waals surface area contributed by atoms with Crippen LogP contribution in [0.3, 0.4) is 0 Å². The normalized spacial score (nSPS) is 14.5. The first kappa shape index (κ1) is 25.0. The summed E-state index contributed by atoms with van der Waals surface area (Å²) in [7, 11) is -6.33. The van der Waals surface area contributed by atoms with Crippen molar-refractivity contribution in [3.63, 3.8) is 0 Å². The molecule has 0 spiro atoms. The first-order valence-corrected chi connectivity index (χ1v) is 14.6. The third kappa shape index (κ3) is 6.34. The second-order valence-corrected chi connectivity index (χ2v) is 14.6. The van der Waals surface area contributed by atoms with Gasteiger partial charge in [0.25, 0.3) is 0 Å². The lowest BCUT2D eigenvalue weighted by Crippen LogP contribution is -2.22. The highest BCUT2D eigenvalue weighted by molar-refractivity contribution is 7.88. The lowest BCUT2D eigenvalue weighted by molar-refractivity contribution is -0.137. The van der Waals surface area contributed by atoms with Crippen molar-refractivity contribution in [3.8, 4) is 0 Å². The van der Waals surface area contributed by atoms with Crippen LogP contribution in [0.1, 0.15) is 50.7 Å². The quantitative estimate of drug-likeness (QED) is 0.352. The van der Waals surface area contributed by atoms with Crippen LogP contribution < -0.4 is 10.6 Å². The molecule has 30 heavy (non-hydrogen) atoms. The molecule has 0 fully saturated rings. The lowest BCUT2D eigenvalue weighted by Gasteiger charge is -2.26. The minimum atomic E-state index is -4.53. The number of halogens is 3. The van der Waals surface area contributed by atoms with Crippen molar-refractivity contribution in [2.24, 2.45) is 0 Å². The maximum atomic E-state index is 14.5. The highest BCUT2D eigenvalue weighted by atomic mass is 31.2. The van der Waals surface area contributed by atoms with Crippen LogP contribution in [0, 0.1) is 6.92 Å². The van der Waals surface area contributed by atoms with Crippen LogP contribution in [0.5, 0.6) is 0 Å². The van der Waals surface area contributed by atoms with Gasteiger partial charge in [0.05, 0.1) is 18.6 Å². The molecule has 0 aliphatic rings. The van der Waals surface area contributed by atoms with E-state index in [2.05, 4.69) is 0 Å². The van der Waals surface area contributed by atoms with Gasteiger partial charge in [-0.3, -0.25) is 0 Å². The van der Waals surface area contributed by atoms with Gasteiger partial charge in [-0.2, -0.15) is 13.2 Å². The van der Waals surface area contributed by atoms with Crippen LogP contribution in [0.15, 0.2) is 48.5 Å². The van der Waals surface area contributed by atoms with Crippen molar-refractivity contribution in [1.29, 1.82) is 0 Å². The molecule has 0 saturated heterocycles. The van der Waals surface area contributed by atoms with Crippen molar-refractivity contribution in [2.75, 3.05) is 18.2 Å². The molecule has 0 bridgehead atoms. The van der Waals surface area contributed by atoms with E-state index < -0.39 is 26.0 Å². The minimum absolute atomic E-state index is 0.0508. The molecule has 0 aliphatic carbocycles. The maximum absolute atomic E-state index is 14.5. The molecule has 0 N–H and O–H groups in total. The molecule has 0 heterocycles. The molecule has 0 radical (unpaired) electrons. The second-order valence-electron chi connectivity index (χ2n) is 7.98. The van der Waals surface area contributed by atoms with Crippen molar-refractivity contribution in [1.82, 2.24) is 0 Å². The van der Waals surface area contributed by atoms with Gasteiger partial charge in [-0.25, -0.2) is 0 Å². The molecule has 2 aromatic rings. The van der Waals surface area contributed by atoms with E-state index in [1.54, 1.807) is 18.2 Å². The number of hydrogen-bond acceptors (Lipinski definition) is 2. The van der Waals surface area contributed by atoms with E-state index in [1.807, 2.05) is 26.8 Å². The summed E-state index contributed by atoms with van der Waals surface area (Å²) >= 11 is 0. The van der Waals surface area contributed by atoms with E-state index in [0.29, 0.717) is 17.6 Å². The molecule has 2 nitrogen and oxygen atoms in total. The van der Waals surface area contributed by atoms with Gasteiger partial charge >= 0.3 is 6.18 Å². The fourth-order valence-corrected chi connectivity index (χ4v) is 12.6. The van der Waals surface area contributed by atoms with Crippen LogP contribution >= 0.6 is 14.3 Å². The zero-order chi connectivity index (χ0) is 22.4. The van der Waals surface area contributed by atoms with Gasteiger partial charge in [-0.1, -0.05) is 62.6 Å². The van der Waals surface area contributed by atoms with Crippen molar-refractivity contribution in [2.45, 2.75) is 52.6 Å². The summed E-state index contributed by atoms with van der Waals surface area (Å²) in [6.07, 6.45) is -0.296. The number of rotatable bonds is 10. The molecular weight excluding hydrogens is 427 g/mol. The number of aryl methyl sites for hydroxylation is 1. The van der Waals surface area contributed by atoms with E-state index in [1.165, 1.54) is 12.1 Å². The van der Waals surface area contributed by atoms with Crippen LogP contribution in [0.2, 0.25) is 0 Å². The first-order chi connectivity index (χ1) is 14.0. The summed E-state index contributed by atoms with van der Waals surface area (Å²) in [6, 6.07) is 11.8. The molecule has 0 saturated carbocycles. The van der Waals surface area contributed by atoms with Crippen LogP contribution in [0.4, 0.5) is 13.2 Å². The third-order valence-corrected chi connectivity index (χ3v) is 13.4. The Balaban J connectivity index is 2.63. The summed E-state index contributed by atoms with van der Waals surface area (Å²) in [5.74, 6) is -0.0508. The molecule has 0 amide bonds. The largest absolute Gasteiger partial charge is 0.416 e. The van der Waals surface area contributed by atoms with E-state index >= 15 is 0 Å². The second kappa shape index (κ2) is 10.3. The zero-order valence-corrected chi connectivity index (χ0v) is 19.7. The van der Waals surface area contributed by atoms with Crippen molar-refractivity contribution >= 4 is 24.9 Å². The van der Waals surface area contributed by atoms with E-state index in [-0.39, 0.29) is 11.2 Å². The summed E-state index contributed by atoms with van der Waals surface area (Å²) in [5, 5.41) is 0.617. The number of benzene rings is 2. The molecule has 0 aromatic heterocycles. The summed E-state index contributed by atoms with van der Waals surface area (Å²) in [5.41, 5.74) is 0.0430. The van der Waals surface area contributed by atoms with Gasteiger partial charge in [-0.05, 0) is 38.0 Å². The van der Waals surface area contributed by atoms with Crippen LogP contribution in [0.25, 0.3) is 0 Å². The van der Waals surface area contributed by atoms with Crippen LogP contribution in [-0.2, 0) is 15.3 Å². The van der Waals surface area contributed by atoms with E-state index in [4.69, 9.17) is 0 Å². The summed E-state index contributed by atoms with van der Waals surface area (Å²) in [4.78, 5) is 0. The zero-order valence-electron chi connectivity index (χ0n) is 17.9. The molecule has 1 atom stereocenters. The topological polar surface area (TPSA) is 34.1 Å². The Labute approximate surface area is 178 Å². The Kier molecular flexibility index (Phi) is 8.60. The SMILES string of the molecule is CCCCP(=O)(CCCC)CP(=O)(c1cccc(C)c1)c1cccc(C(F)(F)F)c1. The molecule has 7 heteroatoms. The highest BCUT2D eigenvalue weighted by Gasteiger charge is 2.38. The first-order valence-electron chi connectivity index (χ1n) is 10.5. The number of hydrogen-bond donors (Lipinski definition) is 0. The number of unbranched alkanes of at least 4 members (excludes halogenated alkanes) is 2. The van der Waals surface area contributed by atoms with Crippen molar-refractivity contribution in [3.05, 3.63) is 59.7 Å². The highest BCUT2D eigenvalue weighted by Crippen LogP contribution is 2.61. The van der Waals surface area contributed by atoms with Crippen LogP contribution in [-0.4, -0.2) is 18.2 Å². The Morgan fingerprint density at radius 3 is 1.87 bits per heavy atom. The maximum Gasteiger partial charge on any atom is 0.416 e. The van der Waals surface area contributed by atoms with Gasteiger partial charge in [-0.15, -0.1) is 0 Å². The Morgan fingerprint density at radius 2 is 1.37 bits per heavy atom. The average Bonchev–Trinajstić information content (AvgIpc) is 2.70. The third-order valence-electron chi connectivity index (χ3n) is 5.30. The molecule has 2 rings (SSSR count). The lowest BCUT2D eigenvalue weighted by atomic mass is 10.2. The Morgan fingerprint density at radius 1 is 0.833 bits per heavy atom. The number of alkyl halides is 3. The predicted molar refractivity (Wildman–Crippen MR) is 122 cm³/mol. The van der Waals surface area contributed by atoms with Crippen molar-refractivity contribution < 1.29 is 22.3 Å². The smallest absolute Gasteiger partial charge is 0.323 e. The average molecular weight is 458 g/mol. The van der Waals surface area contributed by atoms with Gasteiger partial charge in [0.1, 0.15) is 7.14 Å². The molecule has 166 valence electrons. The van der Waals surface area contributed by atoms with Gasteiger partial charge in [0.2, 0.25) is 0 Å². The monoisotopic (exact) mass is 458 g/mol. The molecule has 1 unspecified atom stereocenters. The standard InChI is InChI=1S/C23H31F3O2P2/c1-4-6-14-29(27,15-7-5-2)18-30(28,21-12-8-10-19(3)16-21)22-13-9-11-20(17-22)23(24,25)26/h8-13,16-17H,4-7,14-15,18H2,1-3H3. The van der Waals surface area contributed by atoms with Gasteiger partial charge in [0, 0.05) is 22.9 Å². The Hall–Kier alpha value is -1.31. The molecular formula is C23H31F3O2P2. The fourth-order valence-electron chi connectivity index (χ4n) is 3.58. The van der Waals surface area contributed by atoms with E-state index in [0.717, 1.165) is 43.4 Å². The minimum Gasteiger partial charge on any atom is -0.323 e. The fraction of sp³-hybridized carbons (Fsp3) is 0.478. The summed E-state index contributed by atoms with van der Waals surface area (Å²) in [6.45, 7) is 5.88. The summed E-state index contributed by atoms with van der Waals surface area (Å²) < 4.78 is 68.4. The van der Waals surface area contributed by atoms with E-state index in [9.17, 15) is 22.3 Å². The molecule has 0 aliphatic heterocycles. The van der Waals surface area contributed by atoms with Gasteiger partial charge < -0.3 is 9.13 Å². The van der Waals surface area contributed by atoms with Gasteiger partial charge in [0.15, 0.2) is 0 Å². The molecule has 2 aromatic carbocycles.